The summed E-state index contributed by atoms with van der Waals surface area (Å²) in [5.74, 6) is 0.119. The van der Waals surface area contributed by atoms with Crippen LogP contribution in [-0.4, -0.2) is 36.9 Å². The molecule has 166 valence electrons. The summed E-state index contributed by atoms with van der Waals surface area (Å²) >= 11 is 0. The summed E-state index contributed by atoms with van der Waals surface area (Å²) in [5, 5.41) is 0.541. The molecule has 0 bridgehead atoms. The van der Waals surface area contributed by atoms with Crippen LogP contribution in [0.4, 0.5) is 4.39 Å². The van der Waals surface area contributed by atoms with Crippen molar-refractivity contribution in [1.82, 2.24) is 9.47 Å². The minimum absolute atomic E-state index is 0.0179. The summed E-state index contributed by atoms with van der Waals surface area (Å²) in [6.45, 7) is 9.63. The number of nitrogens with zero attached hydrogens (tertiary/aromatic N) is 2. The van der Waals surface area contributed by atoms with Gasteiger partial charge in [0.05, 0.1) is 9.79 Å². The Balaban J connectivity index is 2.01. The van der Waals surface area contributed by atoms with E-state index >= 15 is 0 Å². The largest absolute Gasteiger partial charge is 0.341 e. The van der Waals surface area contributed by atoms with Crippen LogP contribution in [0.1, 0.15) is 27.7 Å². The van der Waals surface area contributed by atoms with E-state index in [4.69, 9.17) is 0 Å². The van der Waals surface area contributed by atoms with Gasteiger partial charge in [0.25, 0.3) is 0 Å². The number of carbonyl (C=O) groups excluding carboxylic acids is 1. The fourth-order valence-electron chi connectivity index (χ4n) is 3.70. The van der Waals surface area contributed by atoms with E-state index in [-0.39, 0.29) is 22.2 Å². The lowest BCUT2D eigenvalue weighted by Crippen LogP contribution is -2.38. The van der Waals surface area contributed by atoms with Crippen LogP contribution in [-0.2, 0) is 21.2 Å². The number of carbonyl (C=O) groups is 1. The van der Waals surface area contributed by atoms with Crippen LogP contribution >= 0.6 is 0 Å². The fourth-order valence-corrected chi connectivity index (χ4v) is 5.18. The number of aromatic nitrogens is 1. The Morgan fingerprint density at radius 3 is 2.13 bits per heavy atom. The molecular formula is C24H29FN2O3S. The zero-order valence-electron chi connectivity index (χ0n) is 18.4. The van der Waals surface area contributed by atoms with Crippen LogP contribution in [0, 0.1) is 17.7 Å². The molecule has 0 aliphatic heterocycles. The first-order chi connectivity index (χ1) is 14.6. The first kappa shape index (κ1) is 23.0. The molecule has 31 heavy (non-hydrogen) atoms. The highest BCUT2D eigenvalue weighted by Gasteiger charge is 2.25. The Morgan fingerprint density at radius 2 is 1.55 bits per heavy atom. The third-order valence-electron chi connectivity index (χ3n) is 4.99. The molecule has 3 rings (SSSR count). The van der Waals surface area contributed by atoms with Crippen molar-refractivity contribution in [2.75, 3.05) is 13.1 Å². The first-order valence-corrected chi connectivity index (χ1v) is 11.9. The quantitative estimate of drug-likeness (QED) is 0.471. The van der Waals surface area contributed by atoms with Crippen molar-refractivity contribution in [3.63, 3.8) is 0 Å². The van der Waals surface area contributed by atoms with Gasteiger partial charge in [0.1, 0.15) is 12.4 Å². The second-order valence-corrected chi connectivity index (χ2v) is 10.6. The van der Waals surface area contributed by atoms with Gasteiger partial charge in [-0.25, -0.2) is 12.8 Å². The number of fused-ring (bicyclic) bond motifs is 1. The van der Waals surface area contributed by atoms with Crippen LogP contribution in [0.3, 0.4) is 0 Å². The van der Waals surface area contributed by atoms with Gasteiger partial charge in [0, 0.05) is 30.2 Å². The van der Waals surface area contributed by atoms with E-state index in [2.05, 4.69) is 27.7 Å². The number of benzene rings is 2. The molecule has 0 radical (unpaired) electrons. The van der Waals surface area contributed by atoms with Gasteiger partial charge in [-0.1, -0.05) is 45.9 Å². The molecule has 0 aliphatic carbocycles. The average Bonchev–Trinajstić information content (AvgIpc) is 3.06. The number of hydrogen-bond donors (Lipinski definition) is 0. The highest BCUT2D eigenvalue weighted by molar-refractivity contribution is 7.91. The molecule has 0 N–H and O–H groups in total. The maximum absolute atomic E-state index is 13.3. The normalized spacial score (nSPS) is 12.1. The summed E-state index contributed by atoms with van der Waals surface area (Å²) in [4.78, 5) is 15.1. The molecule has 0 saturated heterocycles. The molecule has 5 nitrogen and oxygen atoms in total. The van der Waals surface area contributed by atoms with E-state index in [1.807, 2.05) is 17.0 Å². The van der Waals surface area contributed by atoms with Crippen LogP contribution in [0.15, 0.2) is 64.5 Å². The SMILES string of the molecule is CC(C)CN(CC(C)C)C(=O)Cn1cc(S(=O)(=O)c2ccc(F)cc2)c2ccccc21. The Kier molecular flexibility index (Phi) is 6.84. The number of para-hydroxylation sites is 1. The van der Waals surface area contributed by atoms with E-state index < -0.39 is 15.7 Å². The van der Waals surface area contributed by atoms with E-state index in [1.165, 1.54) is 18.3 Å². The van der Waals surface area contributed by atoms with Gasteiger partial charge >= 0.3 is 0 Å². The predicted octanol–water partition coefficient (Wildman–Crippen LogP) is 4.75. The van der Waals surface area contributed by atoms with Gasteiger partial charge in [0.15, 0.2) is 0 Å². The highest BCUT2D eigenvalue weighted by Crippen LogP contribution is 2.30. The van der Waals surface area contributed by atoms with Gasteiger partial charge in [-0.15, -0.1) is 0 Å². The molecule has 7 heteroatoms. The first-order valence-electron chi connectivity index (χ1n) is 10.5. The Hall–Kier alpha value is -2.67. The number of rotatable bonds is 8. The summed E-state index contributed by atoms with van der Waals surface area (Å²) in [6, 6.07) is 11.9. The Bertz CT molecular complexity index is 1160. The van der Waals surface area contributed by atoms with Crippen molar-refractivity contribution in [3.8, 4) is 0 Å². The molecule has 0 fully saturated rings. The van der Waals surface area contributed by atoms with Crippen molar-refractivity contribution >= 4 is 26.6 Å². The number of amides is 1. The van der Waals surface area contributed by atoms with E-state index in [0.29, 0.717) is 35.8 Å². The number of hydrogen-bond acceptors (Lipinski definition) is 3. The summed E-state index contributed by atoms with van der Waals surface area (Å²) < 4.78 is 41.5. The molecule has 0 spiro atoms. The van der Waals surface area contributed by atoms with E-state index in [1.54, 1.807) is 16.7 Å². The third-order valence-corrected chi connectivity index (χ3v) is 6.79. The van der Waals surface area contributed by atoms with E-state index in [9.17, 15) is 17.6 Å². The highest BCUT2D eigenvalue weighted by atomic mass is 32.2. The molecular weight excluding hydrogens is 415 g/mol. The maximum Gasteiger partial charge on any atom is 0.242 e. The summed E-state index contributed by atoms with van der Waals surface area (Å²) in [6.07, 6.45) is 1.52. The van der Waals surface area contributed by atoms with Gasteiger partial charge in [-0.2, -0.15) is 0 Å². The van der Waals surface area contributed by atoms with Crippen LogP contribution in [0.25, 0.3) is 10.9 Å². The third kappa shape index (κ3) is 5.15. The molecule has 0 aliphatic rings. The molecule has 0 atom stereocenters. The second-order valence-electron chi connectivity index (χ2n) is 8.68. The molecule has 0 unspecified atom stereocenters. The van der Waals surface area contributed by atoms with Crippen LogP contribution in [0.5, 0.6) is 0 Å². The fraction of sp³-hybridized carbons (Fsp3) is 0.375. The zero-order chi connectivity index (χ0) is 22.8. The topological polar surface area (TPSA) is 59.4 Å². The Morgan fingerprint density at radius 1 is 0.968 bits per heavy atom. The van der Waals surface area contributed by atoms with Crippen molar-refractivity contribution in [1.29, 1.82) is 0 Å². The zero-order valence-corrected chi connectivity index (χ0v) is 19.2. The van der Waals surface area contributed by atoms with Gasteiger partial charge in [0.2, 0.25) is 15.7 Å². The van der Waals surface area contributed by atoms with Crippen molar-refractivity contribution in [2.45, 2.75) is 44.0 Å². The molecule has 1 aromatic heterocycles. The lowest BCUT2D eigenvalue weighted by atomic mass is 10.1. The van der Waals surface area contributed by atoms with Crippen LogP contribution < -0.4 is 0 Å². The van der Waals surface area contributed by atoms with Gasteiger partial charge in [-0.3, -0.25) is 4.79 Å². The summed E-state index contributed by atoms with van der Waals surface area (Å²) in [7, 11) is -3.87. The van der Waals surface area contributed by atoms with Gasteiger partial charge < -0.3 is 9.47 Å². The van der Waals surface area contributed by atoms with Gasteiger partial charge in [-0.05, 0) is 42.2 Å². The maximum atomic E-state index is 13.3. The molecule has 1 amide bonds. The lowest BCUT2D eigenvalue weighted by Gasteiger charge is -2.26. The minimum atomic E-state index is -3.87. The molecule has 3 aromatic rings. The minimum Gasteiger partial charge on any atom is -0.341 e. The van der Waals surface area contributed by atoms with Crippen molar-refractivity contribution in [2.24, 2.45) is 11.8 Å². The van der Waals surface area contributed by atoms with Crippen molar-refractivity contribution in [3.05, 3.63) is 60.5 Å². The molecule has 0 saturated carbocycles. The smallest absolute Gasteiger partial charge is 0.242 e. The van der Waals surface area contributed by atoms with E-state index in [0.717, 1.165) is 12.1 Å². The monoisotopic (exact) mass is 444 g/mol. The lowest BCUT2D eigenvalue weighted by molar-refractivity contribution is -0.132. The summed E-state index contributed by atoms with van der Waals surface area (Å²) in [5.41, 5.74) is 0.672. The standard InChI is InChI=1S/C24H29FN2O3S/c1-17(2)13-27(14-18(3)4)24(28)16-26-15-23(21-7-5-6-8-22(21)26)31(29,30)20-11-9-19(25)10-12-20/h5-12,15,17-18H,13-14,16H2,1-4H3. The van der Waals surface area contributed by atoms with Crippen LogP contribution in [0.2, 0.25) is 0 Å². The molecule has 2 aromatic carbocycles. The number of halogens is 1. The average molecular weight is 445 g/mol. The Labute approximate surface area is 183 Å². The molecule has 1 heterocycles. The second kappa shape index (κ2) is 9.22. The predicted molar refractivity (Wildman–Crippen MR) is 120 cm³/mol. The van der Waals surface area contributed by atoms with Crippen molar-refractivity contribution < 1.29 is 17.6 Å². The number of sulfone groups is 1.